The number of nitrogens with one attached hydrogen (secondary N) is 1. The highest BCUT2D eigenvalue weighted by Gasteiger charge is 2.28. The molecule has 0 bridgehead atoms. The van der Waals surface area contributed by atoms with Crippen LogP contribution in [-0.4, -0.2) is 22.6 Å². The van der Waals surface area contributed by atoms with Gasteiger partial charge in [-0.1, -0.05) is 30.3 Å². The number of aromatic nitrogens is 2. The number of hydrogen-bond acceptors (Lipinski definition) is 4. The second kappa shape index (κ2) is 11.4. The highest BCUT2D eigenvalue weighted by atomic mass is 19.4. The molecule has 1 N–H and O–H groups in total. The summed E-state index contributed by atoms with van der Waals surface area (Å²) in [5.74, 6) is -3.11. The summed E-state index contributed by atoms with van der Waals surface area (Å²) in [5.41, 5.74) is 5.26. The van der Waals surface area contributed by atoms with Gasteiger partial charge in [0.1, 0.15) is 18.7 Å². The largest absolute Gasteiger partial charge is 0.542 e. The maximum atomic E-state index is 13.2. The monoisotopic (exact) mass is 508 g/mol. The van der Waals surface area contributed by atoms with Crippen LogP contribution in [0.25, 0.3) is 10.9 Å². The van der Waals surface area contributed by atoms with Crippen molar-refractivity contribution in [3.8, 4) is 6.07 Å². The van der Waals surface area contributed by atoms with Crippen LogP contribution in [0.3, 0.4) is 0 Å². The molecule has 0 radical (unpaired) electrons. The molecular formula is C27H23F3N4O3. The normalized spacial score (nSPS) is 10.8. The lowest BCUT2D eigenvalue weighted by atomic mass is 10.1. The second-order valence-electron chi connectivity index (χ2n) is 8.23. The van der Waals surface area contributed by atoms with Crippen LogP contribution in [0.5, 0.6) is 0 Å². The van der Waals surface area contributed by atoms with Gasteiger partial charge in [0.15, 0.2) is 12.4 Å². The molecule has 190 valence electrons. The van der Waals surface area contributed by atoms with E-state index in [4.69, 9.17) is 9.90 Å². The summed E-state index contributed by atoms with van der Waals surface area (Å²) in [7, 11) is 1.96. The van der Waals surface area contributed by atoms with E-state index in [2.05, 4.69) is 11.4 Å². The summed E-state index contributed by atoms with van der Waals surface area (Å²) >= 11 is 0. The first-order valence-electron chi connectivity index (χ1n) is 11.1. The SMILES string of the molecule is Cc1c(C(=O)NCc2cc[n+](C)cc2)n(Cc2cccc(C#N)c2)c2ccccc12.O=C([O-])C(F)(F)F. The van der Waals surface area contributed by atoms with Crippen molar-refractivity contribution in [1.82, 2.24) is 9.88 Å². The topological polar surface area (TPSA) is 102 Å². The van der Waals surface area contributed by atoms with Gasteiger partial charge in [-0.3, -0.25) is 4.79 Å². The summed E-state index contributed by atoms with van der Waals surface area (Å²) in [6.07, 6.45) is -1.27. The highest BCUT2D eigenvalue weighted by molar-refractivity contribution is 6.01. The number of carbonyl (C=O) groups is 2. The molecule has 4 aromatic rings. The number of nitriles is 1. The van der Waals surface area contributed by atoms with Crippen molar-refractivity contribution in [3.05, 3.63) is 101 Å². The Kier molecular flexibility index (Phi) is 8.30. The molecule has 10 heteroatoms. The maximum Gasteiger partial charge on any atom is 0.430 e. The number of carboxylic acids is 1. The zero-order valence-electron chi connectivity index (χ0n) is 20.0. The van der Waals surface area contributed by atoms with Crippen LogP contribution in [0, 0.1) is 18.3 Å². The number of benzene rings is 2. The Balaban J connectivity index is 0.000000479. The molecule has 2 aromatic carbocycles. The van der Waals surface area contributed by atoms with Gasteiger partial charge in [0, 0.05) is 36.1 Å². The van der Waals surface area contributed by atoms with Crippen LogP contribution in [-0.2, 0) is 24.9 Å². The minimum absolute atomic E-state index is 0.103. The average molecular weight is 509 g/mol. The lowest BCUT2D eigenvalue weighted by Gasteiger charge is -2.12. The van der Waals surface area contributed by atoms with Crippen molar-refractivity contribution in [1.29, 1.82) is 5.26 Å². The molecular weight excluding hydrogens is 485 g/mol. The van der Waals surface area contributed by atoms with Crippen molar-refractivity contribution in [2.75, 3.05) is 0 Å². The molecule has 0 aliphatic carbocycles. The molecule has 0 aliphatic heterocycles. The Morgan fingerprint density at radius 2 is 1.70 bits per heavy atom. The first kappa shape index (κ1) is 26.9. The first-order chi connectivity index (χ1) is 17.5. The van der Waals surface area contributed by atoms with Gasteiger partial charge in [-0.15, -0.1) is 0 Å². The van der Waals surface area contributed by atoms with Gasteiger partial charge < -0.3 is 19.8 Å². The number of halogens is 3. The Bertz CT molecular complexity index is 1470. The molecule has 0 saturated carbocycles. The molecule has 37 heavy (non-hydrogen) atoms. The molecule has 1 amide bonds. The van der Waals surface area contributed by atoms with E-state index in [-0.39, 0.29) is 5.91 Å². The van der Waals surface area contributed by atoms with E-state index in [0.29, 0.717) is 24.3 Å². The number of carboxylic acid groups (broad SMARTS) is 1. The third-order valence-electron chi connectivity index (χ3n) is 5.57. The maximum absolute atomic E-state index is 13.2. The summed E-state index contributed by atoms with van der Waals surface area (Å²) in [4.78, 5) is 22.0. The van der Waals surface area contributed by atoms with Crippen LogP contribution >= 0.6 is 0 Å². The molecule has 7 nitrogen and oxygen atoms in total. The zero-order valence-corrected chi connectivity index (χ0v) is 20.0. The van der Waals surface area contributed by atoms with E-state index >= 15 is 0 Å². The van der Waals surface area contributed by atoms with E-state index in [1.54, 1.807) is 6.07 Å². The smallest absolute Gasteiger partial charge is 0.430 e. The third kappa shape index (κ3) is 6.73. The van der Waals surface area contributed by atoms with E-state index in [9.17, 15) is 23.2 Å². The second-order valence-corrected chi connectivity index (χ2v) is 8.23. The van der Waals surface area contributed by atoms with Crippen molar-refractivity contribution in [2.24, 2.45) is 7.05 Å². The molecule has 0 fully saturated rings. The number of para-hydroxylation sites is 1. The number of rotatable bonds is 5. The van der Waals surface area contributed by atoms with Crippen LogP contribution in [0.2, 0.25) is 0 Å². The van der Waals surface area contributed by atoms with Crippen molar-refractivity contribution in [2.45, 2.75) is 26.2 Å². The van der Waals surface area contributed by atoms with E-state index < -0.39 is 12.1 Å². The van der Waals surface area contributed by atoms with Gasteiger partial charge in [-0.25, -0.2) is 4.57 Å². The predicted octanol–water partition coefficient (Wildman–Crippen LogP) is 2.92. The van der Waals surface area contributed by atoms with Crippen molar-refractivity contribution >= 4 is 22.8 Å². The third-order valence-corrected chi connectivity index (χ3v) is 5.57. The van der Waals surface area contributed by atoms with Crippen LogP contribution < -0.4 is 15.0 Å². The lowest BCUT2D eigenvalue weighted by molar-refractivity contribution is -0.671. The molecule has 0 aliphatic rings. The van der Waals surface area contributed by atoms with Crippen LogP contribution in [0.1, 0.15) is 32.7 Å². The molecule has 4 rings (SSSR count). The molecule has 0 spiro atoms. The minimum Gasteiger partial charge on any atom is -0.542 e. The minimum atomic E-state index is -5.19. The van der Waals surface area contributed by atoms with E-state index in [1.807, 2.05) is 90.1 Å². The van der Waals surface area contributed by atoms with Gasteiger partial charge in [0.2, 0.25) is 0 Å². The Labute approximate surface area is 211 Å². The quantitative estimate of drug-likeness (QED) is 0.419. The number of pyridine rings is 1. The van der Waals surface area contributed by atoms with Gasteiger partial charge in [0.05, 0.1) is 11.6 Å². The van der Waals surface area contributed by atoms with Crippen molar-refractivity contribution < 1.29 is 32.4 Å². The molecule has 0 atom stereocenters. The highest BCUT2D eigenvalue weighted by Crippen LogP contribution is 2.27. The fourth-order valence-corrected chi connectivity index (χ4v) is 3.77. The van der Waals surface area contributed by atoms with Crippen LogP contribution in [0.4, 0.5) is 13.2 Å². The number of hydrogen-bond donors (Lipinski definition) is 1. The average Bonchev–Trinajstić information content (AvgIpc) is 3.15. The summed E-state index contributed by atoms with van der Waals surface area (Å²) in [6.45, 7) is 2.97. The predicted molar refractivity (Wildman–Crippen MR) is 127 cm³/mol. The number of amides is 1. The van der Waals surface area contributed by atoms with E-state index in [1.165, 1.54) is 0 Å². The number of carbonyl (C=O) groups excluding carboxylic acids is 2. The fourth-order valence-electron chi connectivity index (χ4n) is 3.77. The van der Waals surface area contributed by atoms with Crippen molar-refractivity contribution in [3.63, 3.8) is 0 Å². The number of nitrogens with zero attached hydrogens (tertiary/aromatic N) is 3. The van der Waals surface area contributed by atoms with Gasteiger partial charge >= 0.3 is 6.18 Å². The number of fused-ring (bicyclic) bond motifs is 1. The van der Waals surface area contributed by atoms with E-state index in [0.717, 1.165) is 27.6 Å². The molecule has 2 aromatic heterocycles. The Morgan fingerprint density at radius 3 is 2.32 bits per heavy atom. The van der Waals surface area contributed by atoms with Crippen LogP contribution in [0.15, 0.2) is 73.1 Å². The summed E-state index contributed by atoms with van der Waals surface area (Å²) < 4.78 is 35.6. The standard InChI is InChI=1S/C25H22N4O.C2HF3O2/c1-18-22-8-3-4-9-23(22)29(17-21-7-5-6-20(14-21)15-26)24(18)25(30)27-16-19-10-12-28(2)13-11-19;3-2(4,5)1(6)7/h3-14H,16-17H2,1-2H3;(H,6,7). The summed E-state index contributed by atoms with van der Waals surface area (Å²) in [5, 5.41) is 22.1. The number of aryl methyl sites for hydroxylation is 2. The van der Waals surface area contributed by atoms with Gasteiger partial charge in [-0.2, -0.15) is 18.4 Å². The van der Waals surface area contributed by atoms with Gasteiger partial charge in [-0.05, 0) is 41.8 Å². The molecule has 0 saturated heterocycles. The number of alkyl halides is 3. The Morgan fingerprint density at radius 1 is 1.05 bits per heavy atom. The van der Waals surface area contributed by atoms with Gasteiger partial charge in [0.25, 0.3) is 5.91 Å². The molecule has 0 unspecified atom stereocenters. The lowest BCUT2D eigenvalue weighted by Crippen LogP contribution is -2.37. The summed E-state index contributed by atoms with van der Waals surface area (Å²) in [6, 6.07) is 21.7. The first-order valence-corrected chi connectivity index (χ1v) is 11.1. The fraction of sp³-hybridized carbons (Fsp3) is 0.185. The number of aliphatic carboxylic acids is 1. The Hall–Kier alpha value is -4.65. The molecule has 2 heterocycles. The zero-order chi connectivity index (χ0) is 27.2.